The van der Waals surface area contributed by atoms with Gasteiger partial charge in [-0.2, -0.15) is 0 Å². The van der Waals surface area contributed by atoms with E-state index in [0.29, 0.717) is 28.7 Å². The number of aromatic hydroxyl groups is 1. The summed E-state index contributed by atoms with van der Waals surface area (Å²) in [5.41, 5.74) is 1.47. The average molecular weight is 350 g/mol. The number of rotatable bonds is 3. The monoisotopic (exact) mass is 350 g/mol. The van der Waals surface area contributed by atoms with Crippen LogP contribution in [0.1, 0.15) is 5.56 Å². The molecular weight excluding hydrogens is 337 g/mol. The van der Waals surface area contributed by atoms with Crippen molar-refractivity contribution in [3.8, 4) is 5.75 Å². The quantitative estimate of drug-likeness (QED) is 0.636. The predicted octanol–water partition coefficient (Wildman–Crippen LogP) is 3.02. The highest BCUT2D eigenvalue weighted by atomic mass is 19.2. The summed E-state index contributed by atoms with van der Waals surface area (Å²) in [6.45, 7) is -0.0549. The van der Waals surface area contributed by atoms with Gasteiger partial charge >= 0.3 is 6.03 Å². The summed E-state index contributed by atoms with van der Waals surface area (Å²) in [7, 11) is 1.74. The summed E-state index contributed by atoms with van der Waals surface area (Å²) in [6.07, 6.45) is 1.57. The summed E-state index contributed by atoms with van der Waals surface area (Å²) in [6, 6.07) is 3.64. The summed E-state index contributed by atoms with van der Waals surface area (Å²) < 4.78 is 40.9. The third kappa shape index (κ3) is 3.21. The number of phenols is 1. The maximum absolute atomic E-state index is 13.1. The molecule has 1 aromatic heterocycles. The van der Waals surface area contributed by atoms with Gasteiger partial charge < -0.3 is 20.3 Å². The Balaban J connectivity index is 1.75. The van der Waals surface area contributed by atoms with Crippen LogP contribution in [0.25, 0.3) is 11.0 Å². The number of hydrogen-bond donors (Lipinski definition) is 3. The van der Waals surface area contributed by atoms with Gasteiger partial charge in [0, 0.05) is 30.4 Å². The van der Waals surface area contributed by atoms with Crippen LogP contribution in [0, 0.1) is 17.5 Å². The van der Waals surface area contributed by atoms with Crippen molar-refractivity contribution in [2.24, 2.45) is 7.05 Å². The first-order chi connectivity index (χ1) is 11.9. The minimum Gasteiger partial charge on any atom is -0.508 e. The van der Waals surface area contributed by atoms with Crippen LogP contribution in [-0.4, -0.2) is 20.7 Å². The molecule has 3 N–H and O–H groups in total. The number of aromatic nitrogens is 2. The Morgan fingerprint density at radius 3 is 2.60 bits per heavy atom. The van der Waals surface area contributed by atoms with Crippen LogP contribution in [0.2, 0.25) is 0 Å². The molecule has 1 heterocycles. The van der Waals surface area contributed by atoms with Gasteiger partial charge in [0.2, 0.25) is 0 Å². The Labute approximate surface area is 139 Å². The number of nitrogens with zero attached hydrogens (tertiary/aromatic N) is 2. The zero-order chi connectivity index (χ0) is 18.1. The molecule has 0 aliphatic heterocycles. The topological polar surface area (TPSA) is 79.2 Å². The van der Waals surface area contributed by atoms with E-state index in [2.05, 4.69) is 15.6 Å². The molecule has 3 rings (SSSR count). The fourth-order valence-electron chi connectivity index (χ4n) is 2.46. The number of anilines is 1. The highest BCUT2D eigenvalue weighted by Crippen LogP contribution is 2.26. The SMILES string of the molecule is Cn1cnc2ccc(O)c(CNC(=O)Nc3cc(F)c(F)c(F)c3)c21. The van der Waals surface area contributed by atoms with Gasteiger partial charge in [-0.3, -0.25) is 0 Å². The molecule has 3 aromatic rings. The van der Waals surface area contributed by atoms with Crippen LogP contribution in [0.3, 0.4) is 0 Å². The van der Waals surface area contributed by atoms with E-state index in [1.807, 2.05) is 0 Å². The highest BCUT2D eigenvalue weighted by Gasteiger charge is 2.14. The highest BCUT2D eigenvalue weighted by molar-refractivity contribution is 5.90. The van der Waals surface area contributed by atoms with Gasteiger partial charge in [0.25, 0.3) is 0 Å². The lowest BCUT2D eigenvalue weighted by Gasteiger charge is -2.11. The van der Waals surface area contributed by atoms with E-state index < -0.39 is 23.5 Å². The molecule has 0 aliphatic rings. The molecular formula is C16H13F3N4O2. The number of halogens is 3. The predicted molar refractivity (Wildman–Crippen MR) is 84.6 cm³/mol. The third-order valence-corrected chi connectivity index (χ3v) is 3.63. The molecule has 2 aromatic carbocycles. The standard InChI is InChI=1S/C16H13F3N4O2/c1-23-7-21-12-2-3-13(24)9(15(12)23)6-20-16(25)22-8-4-10(17)14(19)11(18)5-8/h2-5,7,24H,6H2,1H3,(H2,20,22,25). The van der Waals surface area contributed by atoms with Crippen molar-refractivity contribution in [2.75, 3.05) is 5.32 Å². The molecule has 0 radical (unpaired) electrons. The summed E-state index contributed by atoms with van der Waals surface area (Å²) in [5.74, 6) is -4.46. The molecule has 0 saturated carbocycles. The van der Waals surface area contributed by atoms with Crippen molar-refractivity contribution >= 4 is 22.8 Å². The maximum atomic E-state index is 13.1. The largest absolute Gasteiger partial charge is 0.508 e. The number of hydrogen-bond acceptors (Lipinski definition) is 3. The molecule has 0 atom stereocenters. The van der Waals surface area contributed by atoms with Gasteiger partial charge in [-0.05, 0) is 12.1 Å². The number of phenolic OH excluding ortho intramolecular Hbond substituents is 1. The molecule has 0 spiro atoms. The van der Waals surface area contributed by atoms with E-state index in [-0.39, 0.29) is 18.0 Å². The Morgan fingerprint density at radius 2 is 1.92 bits per heavy atom. The first kappa shape index (κ1) is 16.6. The second kappa shape index (κ2) is 6.34. The van der Waals surface area contributed by atoms with Gasteiger partial charge in [-0.25, -0.2) is 22.9 Å². The Bertz CT molecular complexity index is 948. The molecule has 0 bridgehead atoms. The number of benzene rings is 2. The molecule has 0 aliphatic carbocycles. The van der Waals surface area contributed by atoms with E-state index in [0.717, 1.165) is 0 Å². The minimum atomic E-state index is -1.61. The normalized spacial score (nSPS) is 10.9. The molecule has 0 saturated heterocycles. The first-order valence-corrected chi connectivity index (χ1v) is 7.18. The average Bonchev–Trinajstić information content (AvgIpc) is 2.93. The van der Waals surface area contributed by atoms with Gasteiger partial charge in [0.05, 0.1) is 23.9 Å². The van der Waals surface area contributed by atoms with Crippen LogP contribution in [0.4, 0.5) is 23.7 Å². The molecule has 25 heavy (non-hydrogen) atoms. The van der Waals surface area contributed by atoms with Crippen molar-refractivity contribution in [2.45, 2.75) is 6.54 Å². The van der Waals surface area contributed by atoms with E-state index >= 15 is 0 Å². The molecule has 6 nitrogen and oxygen atoms in total. The fourth-order valence-corrected chi connectivity index (χ4v) is 2.46. The number of nitrogens with one attached hydrogen (secondary N) is 2. The zero-order valence-electron chi connectivity index (χ0n) is 13.0. The van der Waals surface area contributed by atoms with E-state index in [1.165, 1.54) is 6.07 Å². The van der Waals surface area contributed by atoms with Crippen LogP contribution in [0.5, 0.6) is 5.75 Å². The van der Waals surface area contributed by atoms with Gasteiger partial charge in [0.15, 0.2) is 17.5 Å². The Kier molecular flexibility index (Phi) is 4.22. The van der Waals surface area contributed by atoms with Crippen molar-refractivity contribution in [3.05, 3.63) is 53.6 Å². The van der Waals surface area contributed by atoms with E-state index in [1.54, 1.807) is 24.0 Å². The Hall–Kier alpha value is -3.23. The number of imidazole rings is 1. The lowest BCUT2D eigenvalue weighted by atomic mass is 10.1. The number of amides is 2. The van der Waals surface area contributed by atoms with Crippen LogP contribution in [0.15, 0.2) is 30.6 Å². The van der Waals surface area contributed by atoms with Crippen molar-refractivity contribution in [1.82, 2.24) is 14.9 Å². The second-order valence-electron chi connectivity index (χ2n) is 5.35. The number of fused-ring (bicyclic) bond motifs is 1. The van der Waals surface area contributed by atoms with Crippen LogP contribution < -0.4 is 10.6 Å². The number of carbonyl (C=O) groups is 1. The number of aryl methyl sites for hydroxylation is 1. The summed E-state index contributed by atoms with van der Waals surface area (Å²) in [4.78, 5) is 16.0. The lowest BCUT2D eigenvalue weighted by Crippen LogP contribution is -2.28. The van der Waals surface area contributed by atoms with Crippen molar-refractivity contribution in [3.63, 3.8) is 0 Å². The van der Waals surface area contributed by atoms with Gasteiger partial charge in [-0.1, -0.05) is 0 Å². The molecule has 130 valence electrons. The van der Waals surface area contributed by atoms with E-state index in [4.69, 9.17) is 0 Å². The molecule has 0 unspecified atom stereocenters. The van der Waals surface area contributed by atoms with Gasteiger partial charge in [-0.15, -0.1) is 0 Å². The molecule has 2 amide bonds. The molecule has 0 fully saturated rings. The van der Waals surface area contributed by atoms with Crippen molar-refractivity contribution in [1.29, 1.82) is 0 Å². The van der Waals surface area contributed by atoms with Gasteiger partial charge in [0.1, 0.15) is 5.75 Å². The fraction of sp³-hybridized carbons (Fsp3) is 0.125. The summed E-state index contributed by atoms with van der Waals surface area (Å²) in [5, 5.41) is 14.7. The van der Waals surface area contributed by atoms with Crippen LogP contribution >= 0.6 is 0 Å². The first-order valence-electron chi connectivity index (χ1n) is 7.18. The van der Waals surface area contributed by atoms with E-state index in [9.17, 15) is 23.1 Å². The smallest absolute Gasteiger partial charge is 0.319 e. The molecule has 9 heteroatoms. The number of carbonyl (C=O) groups excluding carboxylic acids is 1. The van der Waals surface area contributed by atoms with Crippen LogP contribution in [-0.2, 0) is 13.6 Å². The summed E-state index contributed by atoms with van der Waals surface area (Å²) >= 11 is 0. The zero-order valence-corrected chi connectivity index (χ0v) is 13.0. The third-order valence-electron chi connectivity index (χ3n) is 3.63. The minimum absolute atomic E-state index is 0.0322. The lowest BCUT2D eigenvalue weighted by molar-refractivity contribution is 0.251. The van der Waals surface area contributed by atoms with Crippen molar-refractivity contribution < 1.29 is 23.1 Å². The Morgan fingerprint density at radius 1 is 1.24 bits per heavy atom. The second-order valence-corrected chi connectivity index (χ2v) is 5.35. The maximum Gasteiger partial charge on any atom is 0.319 e. The number of urea groups is 1.